The molecule has 1 N–H and O–H groups in total. The molecular formula is C24H34N4O. The van der Waals surface area contributed by atoms with Gasteiger partial charge in [0.05, 0.1) is 6.20 Å². The Kier molecular flexibility index (Phi) is 6.65. The minimum atomic E-state index is 0.194. The van der Waals surface area contributed by atoms with Gasteiger partial charge >= 0.3 is 0 Å². The molecule has 2 fully saturated rings. The molecule has 4 rings (SSSR count). The highest BCUT2D eigenvalue weighted by molar-refractivity contribution is 5.76. The third-order valence-electron chi connectivity index (χ3n) is 6.34. The molecule has 1 amide bonds. The second kappa shape index (κ2) is 9.57. The largest absolute Gasteiger partial charge is 0.356 e. The lowest BCUT2D eigenvalue weighted by Crippen LogP contribution is -2.33. The number of nitrogens with one attached hydrogen (secondary N) is 1. The third kappa shape index (κ3) is 6.43. The molecule has 1 aromatic carbocycles. The zero-order valence-electron chi connectivity index (χ0n) is 17.6. The van der Waals surface area contributed by atoms with Gasteiger partial charge < -0.3 is 5.32 Å². The van der Waals surface area contributed by atoms with Crippen molar-refractivity contribution in [1.29, 1.82) is 0 Å². The Morgan fingerprint density at radius 3 is 2.41 bits per heavy atom. The number of hydrogen-bond acceptors (Lipinski definition) is 3. The molecule has 1 aliphatic carbocycles. The molecule has 0 radical (unpaired) electrons. The smallest absolute Gasteiger partial charge is 0.220 e. The molecule has 0 unspecified atom stereocenters. The van der Waals surface area contributed by atoms with Gasteiger partial charge in [-0.25, -0.2) is 0 Å². The Morgan fingerprint density at radius 2 is 1.76 bits per heavy atom. The van der Waals surface area contributed by atoms with Crippen LogP contribution >= 0.6 is 0 Å². The lowest BCUT2D eigenvalue weighted by Gasteiger charge is -2.31. The first-order valence-corrected chi connectivity index (χ1v) is 11.2. The molecule has 0 spiro atoms. The third-order valence-corrected chi connectivity index (χ3v) is 6.34. The monoisotopic (exact) mass is 394 g/mol. The second-order valence-electron chi connectivity index (χ2n) is 9.01. The predicted molar refractivity (Wildman–Crippen MR) is 115 cm³/mol. The summed E-state index contributed by atoms with van der Waals surface area (Å²) in [5.74, 6) is 1.72. The second-order valence-corrected chi connectivity index (χ2v) is 9.01. The van der Waals surface area contributed by atoms with Gasteiger partial charge in [-0.05, 0) is 74.6 Å². The van der Waals surface area contributed by atoms with Crippen LogP contribution in [0.1, 0.15) is 48.8 Å². The summed E-state index contributed by atoms with van der Waals surface area (Å²) >= 11 is 0. The first-order chi connectivity index (χ1) is 14.1. The SMILES string of the molecule is Cn1cc(CN2CCC(Cc3ccc(CCC(=O)NCC4CC4)cc3)CC2)cn1. The van der Waals surface area contributed by atoms with Crippen LogP contribution in [0.5, 0.6) is 0 Å². The number of likely N-dealkylation sites (tertiary alicyclic amines) is 1. The minimum absolute atomic E-state index is 0.194. The van der Waals surface area contributed by atoms with Gasteiger partial charge in [0.15, 0.2) is 0 Å². The van der Waals surface area contributed by atoms with E-state index in [4.69, 9.17) is 0 Å². The number of amides is 1. The van der Waals surface area contributed by atoms with Crippen LogP contribution in [0.15, 0.2) is 36.7 Å². The van der Waals surface area contributed by atoms with Crippen LogP contribution < -0.4 is 5.32 Å². The van der Waals surface area contributed by atoms with Crippen LogP contribution in [-0.2, 0) is 31.2 Å². The van der Waals surface area contributed by atoms with Gasteiger partial charge in [0.1, 0.15) is 0 Å². The van der Waals surface area contributed by atoms with Crippen LogP contribution in [0, 0.1) is 11.8 Å². The number of rotatable bonds is 9. The standard InChI is InChI=1S/C24H34N4O/c1-27-17-23(16-26-27)18-28-12-10-21(11-13-28)14-20-4-2-19(3-5-20)8-9-24(29)25-15-22-6-7-22/h2-5,16-17,21-22H,6-15,18H2,1H3,(H,25,29). The molecule has 1 aliphatic heterocycles. The van der Waals surface area contributed by atoms with Gasteiger partial charge in [-0.2, -0.15) is 5.10 Å². The quantitative estimate of drug-likeness (QED) is 0.710. The number of aromatic nitrogens is 2. The fraction of sp³-hybridized carbons (Fsp3) is 0.583. The Bertz CT molecular complexity index is 785. The Hall–Kier alpha value is -2.14. The van der Waals surface area contributed by atoms with E-state index in [9.17, 15) is 4.79 Å². The maximum atomic E-state index is 11.9. The number of piperidine rings is 1. The van der Waals surface area contributed by atoms with Crippen LogP contribution in [0.3, 0.4) is 0 Å². The number of aryl methyl sites for hydroxylation is 2. The Labute approximate surface area is 174 Å². The summed E-state index contributed by atoms with van der Waals surface area (Å²) < 4.78 is 1.88. The Morgan fingerprint density at radius 1 is 1.03 bits per heavy atom. The molecule has 2 heterocycles. The van der Waals surface area contributed by atoms with Crippen LogP contribution in [0.25, 0.3) is 0 Å². The molecule has 0 bridgehead atoms. The summed E-state index contributed by atoms with van der Waals surface area (Å²) in [6, 6.07) is 8.95. The van der Waals surface area contributed by atoms with Gasteiger partial charge in [0, 0.05) is 38.3 Å². The van der Waals surface area contributed by atoms with Gasteiger partial charge in [-0.1, -0.05) is 24.3 Å². The van der Waals surface area contributed by atoms with E-state index in [1.807, 2.05) is 17.9 Å². The summed E-state index contributed by atoms with van der Waals surface area (Å²) in [5.41, 5.74) is 4.00. The van der Waals surface area contributed by atoms with E-state index in [0.717, 1.165) is 31.3 Å². The zero-order chi connectivity index (χ0) is 20.1. The number of nitrogens with zero attached hydrogens (tertiary/aromatic N) is 3. The average molecular weight is 395 g/mol. The van der Waals surface area contributed by atoms with Crippen molar-refractivity contribution in [3.05, 3.63) is 53.3 Å². The van der Waals surface area contributed by atoms with Crippen molar-refractivity contribution >= 4 is 5.91 Å². The molecule has 1 aromatic heterocycles. The molecule has 2 aliphatic rings. The number of carbonyl (C=O) groups excluding carboxylic acids is 1. The maximum Gasteiger partial charge on any atom is 0.220 e. The lowest BCUT2D eigenvalue weighted by atomic mass is 9.89. The van der Waals surface area contributed by atoms with Gasteiger partial charge in [0.25, 0.3) is 0 Å². The van der Waals surface area contributed by atoms with E-state index >= 15 is 0 Å². The van der Waals surface area contributed by atoms with E-state index < -0.39 is 0 Å². The normalized spacial score (nSPS) is 18.1. The lowest BCUT2D eigenvalue weighted by molar-refractivity contribution is -0.121. The highest BCUT2D eigenvalue weighted by Gasteiger charge is 2.21. The molecule has 2 aromatic rings. The molecule has 5 nitrogen and oxygen atoms in total. The number of hydrogen-bond donors (Lipinski definition) is 1. The minimum Gasteiger partial charge on any atom is -0.356 e. The topological polar surface area (TPSA) is 50.2 Å². The fourth-order valence-corrected chi connectivity index (χ4v) is 4.26. The van der Waals surface area contributed by atoms with Crippen molar-refractivity contribution in [1.82, 2.24) is 20.0 Å². The average Bonchev–Trinajstić information content (AvgIpc) is 3.48. The van der Waals surface area contributed by atoms with Gasteiger partial charge in [-0.3, -0.25) is 14.4 Å². The molecule has 5 heteroatoms. The van der Waals surface area contributed by atoms with Crippen molar-refractivity contribution in [2.75, 3.05) is 19.6 Å². The summed E-state index contributed by atoms with van der Waals surface area (Å²) in [6.07, 6.45) is 11.8. The first kappa shape index (κ1) is 20.1. The van der Waals surface area contributed by atoms with Crippen molar-refractivity contribution in [2.45, 2.75) is 51.5 Å². The summed E-state index contributed by atoms with van der Waals surface area (Å²) in [7, 11) is 1.98. The van der Waals surface area contributed by atoms with Crippen molar-refractivity contribution in [3.8, 4) is 0 Å². The van der Waals surface area contributed by atoms with Crippen molar-refractivity contribution in [2.24, 2.45) is 18.9 Å². The highest BCUT2D eigenvalue weighted by atomic mass is 16.1. The van der Waals surface area contributed by atoms with Crippen molar-refractivity contribution in [3.63, 3.8) is 0 Å². The number of carbonyl (C=O) groups is 1. The van der Waals surface area contributed by atoms with E-state index in [1.54, 1.807) is 0 Å². The molecule has 156 valence electrons. The van der Waals surface area contributed by atoms with E-state index in [2.05, 4.69) is 45.8 Å². The summed E-state index contributed by atoms with van der Waals surface area (Å²) in [6.45, 7) is 4.24. The predicted octanol–water partition coefficient (Wildman–Crippen LogP) is 3.33. The molecule has 1 saturated carbocycles. The maximum absolute atomic E-state index is 11.9. The fourth-order valence-electron chi connectivity index (χ4n) is 4.26. The zero-order valence-corrected chi connectivity index (χ0v) is 17.6. The molecular weight excluding hydrogens is 360 g/mol. The van der Waals surface area contributed by atoms with Gasteiger partial charge in [-0.15, -0.1) is 0 Å². The first-order valence-electron chi connectivity index (χ1n) is 11.2. The molecule has 1 saturated heterocycles. The van der Waals surface area contributed by atoms with Crippen LogP contribution in [0.2, 0.25) is 0 Å². The highest BCUT2D eigenvalue weighted by Crippen LogP contribution is 2.27. The van der Waals surface area contributed by atoms with E-state index in [0.29, 0.717) is 6.42 Å². The molecule has 0 atom stereocenters. The van der Waals surface area contributed by atoms with Crippen LogP contribution in [0.4, 0.5) is 0 Å². The van der Waals surface area contributed by atoms with E-state index in [-0.39, 0.29) is 5.91 Å². The summed E-state index contributed by atoms with van der Waals surface area (Å²) in [4.78, 5) is 14.4. The van der Waals surface area contributed by atoms with Gasteiger partial charge in [0.2, 0.25) is 5.91 Å². The Balaban J connectivity index is 1.15. The summed E-state index contributed by atoms with van der Waals surface area (Å²) in [5, 5.41) is 7.32. The molecule has 29 heavy (non-hydrogen) atoms. The number of benzene rings is 1. The van der Waals surface area contributed by atoms with E-state index in [1.165, 1.54) is 61.9 Å². The van der Waals surface area contributed by atoms with Crippen molar-refractivity contribution < 1.29 is 4.79 Å². The van der Waals surface area contributed by atoms with Crippen LogP contribution in [-0.4, -0.2) is 40.2 Å².